The lowest BCUT2D eigenvalue weighted by Crippen LogP contribution is -1.97. The average molecular weight is 137 g/mol. The molecular formula is Cl2F2Si. The molecule has 0 atom stereocenters. The van der Waals surface area contributed by atoms with Crippen LogP contribution in [0.25, 0.3) is 0 Å². The van der Waals surface area contributed by atoms with Gasteiger partial charge in [-0.25, -0.2) is 8.22 Å². The molecule has 0 saturated heterocycles. The highest BCUT2D eigenvalue weighted by molar-refractivity contribution is 7.38. The molecule has 5 heavy (non-hydrogen) atoms. The summed E-state index contributed by atoms with van der Waals surface area (Å²) in [5.74, 6) is 0. The van der Waals surface area contributed by atoms with Gasteiger partial charge < -0.3 is 0 Å². The van der Waals surface area contributed by atoms with E-state index in [1.54, 1.807) is 0 Å². The van der Waals surface area contributed by atoms with E-state index in [4.69, 9.17) is 0 Å². The summed E-state index contributed by atoms with van der Waals surface area (Å²) in [6.07, 6.45) is 0. The van der Waals surface area contributed by atoms with Crippen molar-refractivity contribution in [3.63, 3.8) is 0 Å². The van der Waals surface area contributed by atoms with Crippen molar-refractivity contribution in [1.29, 1.82) is 0 Å². The molecule has 0 nitrogen and oxygen atoms in total. The predicted octanol–water partition coefficient (Wildman–Crippen LogP) is 1.84. The van der Waals surface area contributed by atoms with Gasteiger partial charge in [0.25, 0.3) is 0 Å². The van der Waals surface area contributed by atoms with Crippen molar-refractivity contribution in [1.82, 2.24) is 0 Å². The van der Waals surface area contributed by atoms with E-state index >= 15 is 0 Å². The molecule has 0 unspecified atom stereocenters. The molecule has 0 saturated carbocycles. The summed E-state index contributed by atoms with van der Waals surface area (Å²) in [6.45, 7) is 0. The first-order chi connectivity index (χ1) is 2.00. The highest BCUT2D eigenvalue weighted by Crippen LogP contribution is 2.15. The van der Waals surface area contributed by atoms with Crippen molar-refractivity contribution in [3.8, 4) is 0 Å². The quantitative estimate of drug-likeness (QED) is 0.353. The summed E-state index contributed by atoms with van der Waals surface area (Å²) in [6, 6.07) is 0. The van der Waals surface area contributed by atoms with Crippen LogP contribution in [-0.2, 0) is 0 Å². The van der Waals surface area contributed by atoms with Crippen LogP contribution in [-0.4, -0.2) is 7.36 Å². The van der Waals surface area contributed by atoms with E-state index in [1.165, 1.54) is 0 Å². The Morgan fingerprint density at radius 1 is 1.20 bits per heavy atom. The summed E-state index contributed by atoms with van der Waals surface area (Å²) in [7, 11) is -4.67. The topological polar surface area (TPSA) is 0 Å². The van der Waals surface area contributed by atoms with Crippen LogP contribution >= 0.6 is 22.2 Å². The zero-order valence-corrected chi connectivity index (χ0v) is 4.52. The molecule has 0 rings (SSSR count). The van der Waals surface area contributed by atoms with Gasteiger partial charge >= 0.3 is 7.36 Å². The van der Waals surface area contributed by atoms with Gasteiger partial charge in [-0.05, 0) is 0 Å². The highest BCUT2D eigenvalue weighted by Gasteiger charge is 2.28. The van der Waals surface area contributed by atoms with Crippen molar-refractivity contribution in [3.05, 3.63) is 0 Å². The Bertz CT molecular complexity index is 23.1. The number of hydrogen-bond acceptors (Lipinski definition) is 0. The van der Waals surface area contributed by atoms with Crippen LogP contribution in [0.2, 0.25) is 0 Å². The lowest BCUT2D eigenvalue weighted by atomic mass is 18.8. The summed E-state index contributed by atoms with van der Waals surface area (Å²) < 4.78 is 21.4. The minimum atomic E-state index is -4.67. The van der Waals surface area contributed by atoms with E-state index in [-0.39, 0.29) is 0 Å². The normalized spacial score (nSPS) is 12.0. The summed E-state index contributed by atoms with van der Waals surface area (Å²) in [4.78, 5) is 0. The fourth-order valence-electron chi connectivity index (χ4n) is 0. The Labute approximate surface area is 38.5 Å². The minimum absolute atomic E-state index is 4.10. The maximum Gasteiger partial charge on any atom is 0.627 e. The summed E-state index contributed by atoms with van der Waals surface area (Å²) in [5, 5.41) is 0. The van der Waals surface area contributed by atoms with Gasteiger partial charge in [-0.3, -0.25) is 0 Å². The molecule has 0 aliphatic heterocycles. The SMILES string of the molecule is F[Si](F)(Cl)Cl. The third-order valence-electron chi connectivity index (χ3n) is 0. The molecule has 0 amide bonds. The number of hydrogen-bond donors (Lipinski definition) is 0. The summed E-state index contributed by atoms with van der Waals surface area (Å²) in [5.41, 5.74) is 0. The Morgan fingerprint density at radius 2 is 1.20 bits per heavy atom. The third kappa shape index (κ3) is 76.2. The molecule has 0 aromatic heterocycles. The Morgan fingerprint density at radius 3 is 1.20 bits per heavy atom. The molecule has 0 aliphatic carbocycles. The van der Waals surface area contributed by atoms with Gasteiger partial charge in [0.1, 0.15) is 0 Å². The summed E-state index contributed by atoms with van der Waals surface area (Å²) >= 11 is 8.20. The zero-order chi connectivity index (χ0) is 4.50. The van der Waals surface area contributed by atoms with E-state index in [9.17, 15) is 8.22 Å². The molecule has 0 spiro atoms. The van der Waals surface area contributed by atoms with Gasteiger partial charge in [0.05, 0.1) is 0 Å². The average Bonchev–Trinajstić information content (AvgIpc) is 0.722. The molecule has 5 heteroatoms. The van der Waals surface area contributed by atoms with Crippen LogP contribution in [0.3, 0.4) is 0 Å². The van der Waals surface area contributed by atoms with Crippen LogP contribution in [0.15, 0.2) is 0 Å². The molecule has 0 radical (unpaired) electrons. The van der Waals surface area contributed by atoms with E-state index < -0.39 is 7.36 Å². The maximum atomic E-state index is 10.7. The van der Waals surface area contributed by atoms with Crippen molar-refractivity contribution in [2.75, 3.05) is 0 Å². The van der Waals surface area contributed by atoms with Crippen LogP contribution in [0, 0.1) is 0 Å². The van der Waals surface area contributed by atoms with Crippen molar-refractivity contribution in [2.24, 2.45) is 0 Å². The van der Waals surface area contributed by atoms with Crippen LogP contribution < -0.4 is 0 Å². The first-order valence-corrected chi connectivity index (χ1v) is 4.54. The first kappa shape index (κ1) is 5.66. The number of halogens is 4. The van der Waals surface area contributed by atoms with Crippen molar-refractivity contribution in [2.45, 2.75) is 0 Å². The maximum absolute atomic E-state index is 10.7. The van der Waals surface area contributed by atoms with E-state index in [0.717, 1.165) is 0 Å². The van der Waals surface area contributed by atoms with E-state index in [2.05, 4.69) is 22.2 Å². The van der Waals surface area contributed by atoms with Crippen molar-refractivity contribution < 1.29 is 8.22 Å². The minimum Gasteiger partial charge on any atom is -0.239 e. The van der Waals surface area contributed by atoms with Crippen molar-refractivity contribution >= 4 is 29.5 Å². The van der Waals surface area contributed by atoms with Gasteiger partial charge in [-0.1, -0.05) is 22.2 Å². The van der Waals surface area contributed by atoms with E-state index in [1.807, 2.05) is 0 Å². The molecular weight excluding hydrogens is 137 g/mol. The lowest BCUT2D eigenvalue weighted by Gasteiger charge is -1.80. The smallest absolute Gasteiger partial charge is 0.239 e. The van der Waals surface area contributed by atoms with E-state index in [0.29, 0.717) is 0 Å². The third-order valence-corrected chi connectivity index (χ3v) is 0. The molecule has 0 heterocycles. The molecule has 0 fully saturated rings. The molecule has 0 aromatic rings. The molecule has 32 valence electrons. The fraction of sp³-hybridized carbons (Fsp3) is 0. The van der Waals surface area contributed by atoms with Crippen LogP contribution in [0.1, 0.15) is 0 Å². The molecule has 0 bridgehead atoms. The lowest BCUT2D eigenvalue weighted by molar-refractivity contribution is 0.682. The first-order valence-electron chi connectivity index (χ1n) is 0.756. The molecule has 0 N–H and O–H groups in total. The standard InChI is InChI=1S/Cl2F2Si/c1-5(2,3)4. The van der Waals surface area contributed by atoms with Gasteiger partial charge in [-0.15, -0.1) is 0 Å². The number of rotatable bonds is 0. The van der Waals surface area contributed by atoms with Gasteiger partial charge in [-0.2, -0.15) is 0 Å². The van der Waals surface area contributed by atoms with Gasteiger partial charge in [0, 0.05) is 0 Å². The Balaban J connectivity index is 3.02. The monoisotopic (exact) mass is 136 g/mol. The van der Waals surface area contributed by atoms with Gasteiger partial charge in [0.15, 0.2) is 0 Å². The Hall–Kier alpha value is 0.657. The molecule has 0 aromatic carbocycles. The van der Waals surface area contributed by atoms with Crippen LogP contribution in [0.5, 0.6) is 0 Å². The molecule has 0 aliphatic rings. The zero-order valence-electron chi connectivity index (χ0n) is 2.01. The van der Waals surface area contributed by atoms with Crippen LogP contribution in [0.4, 0.5) is 8.22 Å². The largest absolute Gasteiger partial charge is 0.627 e. The second-order valence-corrected chi connectivity index (χ2v) is 4.71. The Kier molecular flexibility index (Phi) is 1.59. The van der Waals surface area contributed by atoms with Gasteiger partial charge in [0.2, 0.25) is 0 Å². The second kappa shape index (κ2) is 1.41. The highest BCUT2D eigenvalue weighted by atomic mass is 35.7. The fourth-order valence-corrected chi connectivity index (χ4v) is 0. The second-order valence-electron chi connectivity index (χ2n) is 0.429. The predicted molar refractivity (Wildman–Crippen MR) is 19.7 cm³/mol.